The van der Waals surface area contributed by atoms with Crippen molar-refractivity contribution in [3.05, 3.63) is 82.8 Å². The van der Waals surface area contributed by atoms with Crippen molar-refractivity contribution in [1.82, 2.24) is 40.3 Å². The maximum Gasteiger partial charge on any atom is 0.251 e. The Hall–Kier alpha value is -5.76. The van der Waals surface area contributed by atoms with E-state index in [4.69, 9.17) is 16.3 Å². The number of nitrogens with zero attached hydrogens (tertiary/aromatic N) is 6. The average molecular weight is 780 g/mol. The number of carbonyl (C=O) groups is 4. The molecule has 2 atom stereocenters. The Kier molecular flexibility index (Phi) is 11.1. The molecular formula is C41H46ClN9O5. The van der Waals surface area contributed by atoms with Gasteiger partial charge in [-0.15, -0.1) is 0 Å². The summed E-state index contributed by atoms with van der Waals surface area (Å²) in [6.45, 7) is 8.04. The number of imide groups is 1. The SMILES string of the molecule is Cc1nn(C)cc1-c1nc2ncc(Cl)c(Oc3ccc(C(=O)N[C@@H](C(=O)N(C)CC4CCN(c5ccc([C@@H]6CCC(=O)NC6=O)cc5)CC4)C(C)C)cc3)c2[nH]1. The van der Waals surface area contributed by atoms with Crippen molar-refractivity contribution in [1.29, 1.82) is 0 Å². The Labute approximate surface area is 330 Å². The molecule has 56 heavy (non-hydrogen) atoms. The highest BCUT2D eigenvalue weighted by atomic mass is 35.5. The van der Waals surface area contributed by atoms with E-state index in [0.717, 1.165) is 48.4 Å². The highest BCUT2D eigenvalue weighted by Gasteiger charge is 2.31. The number of benzene rings is 2. The van der Waals surface area contributed by atoms with E-state index in [1.54, 1.807) is 40.9 Å². The Morgan fingerprint density at radius 2 is 1.77 bits per heavy atom. The minimum atomic E-state index is -0.701. The van der Waals surface area contributed by atoms with E-state index < -0.39 is 6.04 Å². The van der Waals surface area contributed by atoms with E-state index in [-0.39, 0.29) is 35.5 Å². The molecule has 2 fully saturated rings. The third kappa shape index (κ3) is 8.25. The molecule has 7 rings (SSSR count). The van der Waals surface area contributed by atoms with E-state index in [1.807, 2.05) is 58.3 Å². The molecule has 0 spiro atoms. The molecule has 0 unspecified atom stereocenters. The number of anilines is 1. The lowest BCUT2D eigenvalue weighted by molar-refractivity contribution is -0.135. The normalized spacial score (nSPS) is 16.9. The van der Waals surface area contributed by atoms with Gasteiger partial charge in [-0.25, -0.2) is 9.97 Å². The number of fused-ring (bicyclic) bond motifs is 1. The summed E-state index contributed by atoms with van der Waals surface area (Å²) in [6, 6.07) is 14.0. The van der Waals surface area contributed by atoms with Gasteiger partial charge in [0.15, 0.2) is 11.4 Å². The van der Waals surface area contributed by atoms with Gasteiger partial charge in [0.25, 0.3) is 5.91 Å². The zero-order valence-electron chi connectivity index (χ0n) is 32.1. The van der Waals surface area contributed by atoms with Crippen LogP contribution in [0.15, 0.2) is 60.9 Å². The van der Waals surface area contributed by atoms with E-state index in [2.05, 4.69) is 35.6 Å². The van der Waals surface area contributed by atoms with Gasteiger partial charge in [-0.05, 0) is 80.0 Å². The van der Waals surface area contributed by atoms with Crippen LogP contribution in [0.1, 0.15) is 67.1 Å². The number of aryl methyl sites for hydroxylation is 2. The molecule has 0 saturated carbocycles. The molecule has 2 aliphatic heterocycles. The monoisotopic (exact) mass is 779 g/mol. The molecule has 0 bridgehead atoms. The first-order valence-corrected chi connectivity index (χ1v) is 19.3. The topological polar surface area (TPSA) is 167 Å². The zero-order valence-corrected chi connectivity index (χ0v) is 32.9. The fourth-order valence-corrected chi connectivity index (χ4v) is 7.70. The van der Waals surface area contributed by atoms with Crippen LogP contribution in [0.5, 0.6) is 11.5 Å². The first-order chi connectivity index (χ1) is 26.8. The van der Waals surface area contributed by atoms with Gasteiger partial charge < -0.3 is 24.8 Å². The van der Waals surface area contributed by atoms with Crippen LogP contribution >= 0.6 is 11.6 Å². The molecule has 2 saturated heterocycles. The first kappa shape index (κ1) is 38.5. The van der Waals surface area contributed by atoms with Gasteiger partial charge in [0.05, 0.1) is 23.4 Å². The van der Waals surface area contributed by atoms with E-state index in [0.29, 0.717) is 64.4 Å². The van der Waals surface area contributed by atoms with Gasteiger partial charge in [0.2, 0.25) is 17.7 Å². The molecule has 0 radical (unpaired) electrons. The molecule has 4 amide bonds. The summed E-state index contributed by atoms with van der Waals surface area (Å²) in [5, 5.41) is 10.1. The van der Waals surface area contributed by atoms with E-state index in [1.165, 1.54) is 6.20 Å². The Morgan fingerprint density at radius 3 is 2.41 bits per heavy atom. The van der Waals surface area contributed by atoms with Crippen LogP contribution in [-0.2, 0) is 21.4 Å². The first-order valence-electron chi connectivity index (χ1n) is 18.9. The molecule has 2 aliphatic rings. The minimum Gasteiger partial charge on any atom is -0.453 e. The van der Waals surface area contributed by atoms with Gasteiger partial charge >= 0.3 is 0 Å². The molecule has 5 heterocycles. The fraction of sp³-hybridized carbons (Fsp3) is 0.390. The van der Waals surface area contributed by atoms with Crippen molar-refractivity contribution in [2.45, 2.75) is 58.4 Å². The Bertz CT molecular complexity index is 2260. The molecule has 2 aromatic carbocycles. The molecule has 15 heteroatoms. The number of halogens is 1. The smallest absolute Gasteiger partial charge is 0.251 e. The summed E-state index contributed by atoms with van der Waals surface area (Å²) in [5.41, 5.74) is 5.01. The summed E-state index contributed by atoms with van der Waals surface area (Å²) in [5.74, 6) is 0.360. The van der Waals surface area contributed by atoms with Crippen LogP contribution < -0.4 is 20.3 Å². The predicted octanol–water partition coefficient (Wildman–Crippen LogP) is 5.76. The van der Waals surface area contributed by atoms with Crippen LogP contribution in [-0.4, -0.2) is 86.0 Å². The van der Waals surface area contributed by atoms with Gasteiger partial charge in [0, 0.05) is 57.6 Å². The summed E-state index contributed by atoms with van der Waals surface area (Å²) >= 11 is 6.52. The van der Waals surface area contributed by atoms with Crippen LogP contribution in [0, 0.1) is 18.8 Å². The largest absolute Gasteiger partial charge is 0.453 e. The average Bonchev–Trinajstić information content (AvgIpc) is 3.77. The second kappa shape index (κ2) is 16.1. The molecule has 0 aliphatic carbocycles. The summed E-state index contributed by atoms with van der Waals surface area (Å²) in [4.78, 5) is 67.3. The lowest BCUT2D eigenvalue weighted by atomic mass is 9.90. The second-order valence-electron chi connectivity index (χ2n) is 15.1. The number of H-pyrrole nitrogens is 1. The lowest BCUT2D eigenvalue weighted by Gasteiger charge is -2.36. The lowest BCUT2D eigenvalue weighted by Crippen LogP contribution is -2.51. The third-order valence-electron chi connectivity index (χ3n) is 10.7. The van der Waals surface area contributed by atoms with Crippen molar-refractivity contribution in [3.63, 3.8) is 0 Å². The van der Waals surface area contributed by atoms with Crippen LogP contribution in [0.3, 0.4) is 0 Å². The molecule has 5 aromatic rings. The molecule has 14 nitrogen and oxygen atoms in total. The maximum atomic E-state index is 13.7. The van der Waals surface area contributed by atoms with Crippen LogP contribution in [0.2, 0.25) is 5.02 Å². The molecule has 3 aromatic heterocycles. The number of amides is 4. The number of piperidine rings is 2. The zero-order chi connectivity index (χ0) is 39.7. The van der Waals surface area contributed by atoms with Gasteiger partial charge in [-0.3, -0.25) is 29.2 Å². The van der Waals surface area contributed by atoms with Crippen molar-refractivity contribution in [2.75, 3.05) is 31.6 Å². The van der Waals surface area contributed by atoms with Crippen LogP contribution in [0.25, 0.3) is 22.6 Å². The van der Waals surface area contributed by atoms with E-state index >= 15 is 0 Å². The highest BCUT2D eigenvalue weighted by Crippen LogP contribution is 2.36. The number of hydrogen-bond donors (Lipinski definition) is 3. The Balaban J connectivity index is 0.927. The van der Waals surface area contributed by atoms with Crippen LogP contribution in [0.4, 0.5) is 5.69 Å². The number of pyridine rings is 1. The van der Waals surface area contributed by atoms with Crippen molar-refractivity contribution < 1.29 is 23.9 Å². The van der Waals surface area contributed by atoms with Gasteiger partial charge in [0.1, 0.15) is 28.2 Å². The van der Waals surface area contributed by atoms with Gasteiger partial charge in [-0.1, -0.05) is 37.6 Å². The summed E-state index contributed by atoms with van der Waals surface area (Å²) in [7, 11) is 3.65. The summed E-state index contributed by atoms with van der Waals surface area (Å²) < 4.78 is 7.90. The quantitative estimate of drug-likeness (QED) is 0.141. The number of rotatable bonds is 11. The fourth-order valence-electron chi connectivity index (χ4n) is 7.52. The number of ether oxygens (including phenoxy) is 1. The predicted molar refractivity (Wildman–Crippen MR) is 213 cm³/mol. The number of likely N-dealkylation sites (N-methyl/N-ethyl adjacent to an activating group) is 1. The number of hydrogen-bond acceptors (Lipinski definition) is 9. The third-order valence-corrected chi connectivity index (χ3v) is 10.9. The van der Waals surface area contributed by atoms with E-state index in [9.17, 15) is 19.2 Å². The van der Waals surface area contributed by atoms with Gasteiger partial charge in [-0.2, -0.15) is 5.10 Å². The number of aromatic nitrogens is 5. The van der Waals surface area contributed by atoms with Crippen molar-refractivity contribution in [2.24, 2.45) is 18.9 Å². The number of carbonyl (C=O) groups excluding carboxylic acids is 4. The maximum absolute atomic E-state index is 13.7. The standard InChI is InChI=1S/C41H46ClN9O5/c1-23(2)34(41(55)49(4)21-25-16-18-51(19-17-25)28-10-6-26(7-11-28)30-14-15-33(52)44-40(30)54)46-39(53)27-8-12-29(13-9-27)56-36-32(42)20-43-38-35(36)45-37(47-38)31-22-50(5)48-24(31)3/h6-13,20,22-23,25,30,34H,14-19,21H2,1-5H3,(H,46,53)(H,43,45,47)(H,44,52,54)/t30-,34+/m0/s1. The Morgan fingerprint density at radius 1 is 1.05 bits per heavy atom. The molecule has 3 N–H and O–H groups in total. The van der Waals surface area contributed by atoms with Crippen molar-refractivity contribution in [3.8, 4) is 22.9 Å². The molecule has 292 valence electrons. The van der Waals surface area contributed by atoms with Crippen molar-refractivity contribution >= 4 is 52.1 Å². The molecular weight excluding hydrogens is 734 g/mol. The number of imidazole rings is 1. The second-order valence-corrected chi connectivity index (χ2v) is 15.5. The highest BCUT2D eigenvalue weighted by molar-refractivity contribution is 6.32. The number of aromatic amines is 1. The number of nitrogens with one attached hydrogen (secondary N) is 3. The minimum absolute atomic E-state index is 0.128. The summed E-state index contributed by atoms with van der Waals surface area (Å²) in [6.07, 6.45) is 6.08.